The van der Waals surface area contributed by atoms with E-state index in [4.69, 9.17) is 4.74 Å². The highest BCUT2D eigenvalue weighted by Crippen LogP contribution is 2.20. The molecule has 2 N–H and O–H groups in total. The molecule has 0 aliphatic rings. The second-order valence-corrected chi connectivity index (χ2v) is 7.34. The van der Waals surface area contributed by atoms with E-state index >= 15 is 0 Å². The fourth-order valence-electron chi connectivity index (χ4n) is 3.06. The van der Waals surface area contributed by atoms with E-state index in [1.54, 1.807) is 36.7 Å². The largest absolute Gasteiger partial charge is 0.481 e. The number of para-hydroxylation sites is 1. The Hall–Kier alpha value is -3.67. The number of hydrogen-bond donors (Lipinski definition) is 2. The quantitative estimate of drug-likeness (QED) is 0.568. The van der Waals surface area contributed by atoms with E-state index in [1.807, 2.05) is 51.1 Å². The average Bonchev–Trinajstić information content (AvgIpc) is 2.79. The Morgan fingerprint density at radius 3 is 2.55 bits per heavy atom. The predicted octanol–water partition coefficient (Wildman–Crippen LogP) is 4.42. The topological polar surface area (TPSA) is 80.3 Å². The minimum Gasteiger partial charge on any atom is -0.481 e. The second kappa shape index (κ2) is 10.4. The molecule has 0 aliphatic carbocycles. The number of ether oxygens (including phenoxy) is 1. The molecule has 0 saturated carbocycles. The highest BCUT2D eigenvalue weighted by atomic mass is 16.5. The second-order valence-electron chi connectivity index (χ2n) is 7.34. The maximum atomic E-state index is 12.9. The van der Waals surface area contributed by atoms with Gasteiger partial charge < -0.3 is 15.4 Å². The molecule has 0 spiro atoms. The van der Waals surface area contributed by atoms with Crippen molar-refractivity contribution in [1.29, 1.82) is 0 Å². The molecule has 0 bridgehead atoms. The first-order valence-corrected chi connectivity index (χ1v) is 10.3. The average molecular weight is 418 g/mol. The molecule has 2 amide bonds. The third kappa shape index (κ3) is 5.92. The smallest absolute Gasteiger partial charge is 0.265 e. The van der Waals surface area contributed by atoms with Gasteiger partial charge in [-0.2, -0.15) is 0 Å². The Morgan fingerprint density at radius 1 is 1.03 bits per heavy atom. The van der Waals surface area contributed by atoms with Gasteiger partial charge in [-0.3, -0.25) is 14.6 Å². The molecule has 1 heterocycles. The molecular formula is C25H27N3O3. The van der Waals surface area contributed by atoms with Gasteiger partial charge in [0.25, 0.3) is 11.8 Å². The Morgan fingerprint density at radius 2 is 1.84 bits per heavy atom. The number of carbonyl (C=O) groups is 2. The number of benzene rings is 2. The summed E-state index contributed by atoms with van der Waals surface area (Å²) in [6.45, 7) is 6.27. The van der Waals surface area contributed by atoms with E-state index < -0.39 is 6.10 Å². The van der Waals surface area contributed by atoms with Crippen LogP contribution in [0.4, 0.5) is 5.69 Å². The van der Waals surface area contributed by atoms with Crippen LogP contribution in [0.3, 0.4) is 0 Å². The maximum absolute atomic E-state index is 12.9. The molecule has 0 fully saturated rings. The standard InChI is InChI=1S/C25H27N3O3/c1-4-23(31-20-12-11-17(2)18(3)14-20)25(30)28-22-10-6-5-9-21(22)24(29)27-16-19-8-7-13-26-15-19/h5-15,23H,4,16H2,1-3H3,(H,27,29)(H,28,30)/t23-/m0/s1. The van der Waals surface area contributed by atoms with Crippen LogP contribution in [0.15, 0.2) is 67.0 Å². The molecule has 0 radical (unpaired) electrons. The molecule has 31 heavy (non-hydrogen) atoms. The summed E-state index contributed by atoms with van der Waals surface area (Å²) in [5.74, 6) is 0.0729. The van der Waals surface area contributed by atoms with Crippen molar-refractivity contribution in [2.45, 2.75) is 39.8 Å². The number of aryl methyl sites for hydroxylation is 2. The van der Waals surface area contributed by atoms with Crippen molar-refractivity contribution in [3.05, 3.63) is 89.2 Å². The molecule has 1 aromatic heterocycles. The lowest BCUT2D eigenvalue weighted by molar-refractivity contribution is -0.122. The predicted molar refractivity (Wildman–Crippen MR) is 121 cm³/mol. The number of anilines is 1. The van der Waals surface area contributed by atoms with E-state index in [0.29, 0.717) is 30.0 Å². The molecule has 3 rings (SSSR count). The monoisotopic (exact) mass is 417 g/mol. The van der Waals surface area contributed by atoms with Gasteiger partial charge in [-0.05, 0) is 67.3 Å². The van der Waals surface area contributed by atoms with Gasteiger partial charge in [-0.1, -0.05) is 31.2 Å². The maximum Gasteiger partial charge on any atom is 0.265 e. The first kappa shape index (κ1) is 22.0. The van der Waals surface area contributed by atoms with Crippen molar-refractivity contribution in [3.8, 4) is 5.75 Å². The zero-order valence-electron chi connectivity index (χ0n) is 18.0. The molecule has 160 valence electrons. The van der Waals surface area contributed by atoms with E-state index in [-0.39, 0.29) is 11.8 Å². The van der Waals surface area contributed by atoms with Crippen molar-refractivity contribution >= 4 is 17.5 Å². The van der Waals surface area contributed by atoms with Crippen molar-refractivity contribution in [3.63, 3.8) is 0 Å². The van der Waals surface area contributed by atoms with Crippen LogP contribution in [0.25, 0.3) is 0 Å². The summed E-state index contributed by atoms with van der Waals surface area (Å²) in [6, 6.07) is 16.4. The summed E-state index contributed by atoms with van der Waals surface area (Å²) in [5, 5.41) is 5.71. The molecular weight excluding hydrogens is 390 g/mol. The molecule has 0 unspecified atom stereocenters. The van der Waals surface area contributed by atoms with Crippen molar-refractivity contribution in [1.82, 2.24) is 10.3 Å². The summed E-state index contributed by atoms with van der Waals surface area (Å²) >= 11 is 0. The first-order valence-electron chi connectivity index (χ1n) is 10.3. The van der Waals surface area contributed by atoms with Crippen molar-refractivity contribution < 1.29 is 14.3 Å². The lowest BCUT2D eigenvalue weighted by Gasteiger charge is -2.19. The lowest BCUT2D eigenvalue weighted by atomic mass is 10.1. The van der Waals surface area contributed by atoms with Crippen LogP contribution in [0.1, 0.15) is 40.4 Å². The van der Waals surface area contributed by atoms with Crippen molar-refractivity contribution in [2.75, 3.05) is 5.32 Å². The van der Waals surface area contributed by atoms with Gasteiger partial charge in [0.1, 0.15) is 5.75 Å². The number of nitrogens with zero attached hydrogens (tertiary/aromatic N) is 1. The van der Waals surface area contributed by atoms with Crippen LogP contribution in [-0.4, -0.2) is 22.9 Å². The van der Waals surface area contributed by atoms with E-state index in [2.05, 4.69) is 15.6 Å². The molecule has 0 aliphatic heterocycles. The highest BCUT2D eigenvalue weighted by Gasteiger charge is 2.21. The molecule has 0 saturated heterocycles. The third-order valence-electron chi connectivity index (χ3n) is 5.03. The van der Waals surface area contributed by atoms with Crippen LogP contribution in [0.5, 0.6) is 5.75 Å². The number of carbonyl (C=O) groups excluding carboxylic acids is 2. The first-order chi connectivity index (χ1) is 15.0. The summed E-state index contributed by atoms with van der Waals surface area (Å²) in [4.78, 5) is 29.6. The van der Waals surface area contributed by atoms with E-state index in [0.717, 1.165) is 16.7 Å². The number of aromatic nitrogens is 1. The van der Waals surface area contributed by atoms with Crippen LogP contribution in [0.2, 0.25) is 0 Å². The number of amides is 2. The van der Waals surface area contributed by atoms with Gasteiger partial charge in [0.2, 0.25) is 0 Å². The minimum atomic E-state index is -0.673. The number of pyridine rings is 1. The van der Waals surface area contributed by atoms with Crippen LogP contribution in [0, 0.1) is 13.8 Å². The number of nitrogens with one attached hydrogen (secondary N) is 2. The SMILES string of the molecule is CC[C@H](Oc1ccc(C)c(C)c1)C(=O)Nc1ccccc1C(=O)NCc1cccnc1. The van der Waals surface area contributed by atoms with E-state index in [9.17, 15) is 9.59 Å². The molecule has 6 heteroatoms. The van der Waals surface area contributed by atoms with Crippen LogP contribution < -0.4 is 15.4 Å². The van der Waals surface area contributed by atoms with Crippen LogP contribution >= 0.6 is 0 Å². The minimum absolute atomic E-state index is 0.275. The van der Waals surface area contributed by atoms with Crippen molar-refractivity contribution in [2.24, 2.45) is 0 Å². The summed E-state index contributed by atoms with van der Waals surface area (Å²) in [6.07, 6.45) is 3.20. The number of rotatable bonds is 8. The van der Waals surface area contributed by atoms with Gasteiger partial charge in [0.15, 0.2) is 6.10 Å². The molecule has 2 aromatic carbocycles. The molecule has 1 atom stereocenters. The van der Waals surface area contributed by atoms with Gasteiger partial charge in [0, 0.05) is 18.9 Å². The molecule has 3 aromatic rings. The Kier molecular flexibility index (Phi) is 7.38. The van der Waals surface area contributed by atoms with Crippen LogP contribution in [-0.2, 0) is 11.3 Å². The Bertz CT molecular complexity index is 1050. The summed E-state index contributed by atoms with van der Waals surface area (Å²) in [7, 11) is 0. The highest BCUT2D eigenvalue weighted by molar-refractivity contribution is 6.04. The lowest BCUT2D eigenvalue weighted by Crippen LogP contribution is -2.33. The fraction of sp³-hybridized carbons (Fsp3) is 0.240. The van der Waals surface area contributed by atoms with Gasteiger partial charge in [-0.15, -0.1) is 0 Å². The zero-order chi connectivity index (χ0) is 22.2. The fourth-order valence-corrected chi connectivity index (χ4v) is 3.06. The normalized spacial score (nSPS) is 11.5. The number of hydrogen-bond acceptors (Lipinski definition) is 4. The van der Waals surface area contributed by atoms with Gasteiger partial charge in [-0.25, -0.2) is 0 Å². The third-order valence-corrected chi connectivity index (χ3v) is 5.03. The van der Waals surface area contributed by atoms with Gasteiger partial charge in [0.05, 0.1) is 11.3 Å². The van der Waals surface area contributed by atoms with Gasteiger partial charge >= 0.3 is 0 Å². The summed E-state index contributed by atoms with van der Waals surface area (Å²) < 4.78 is 5.92. The zero-order valence-corrected chi connectivity index (χ0v) is 18.0. The Labute approximate surface area is 182 Å². The molecule has 6 nitrogen and oxygen atoms in total. The Balaban J connectivity index is 1.68. The van der Waals surface area contributed by atoms with E-state index in [1.165, 1.54) is 0 Å². The summed E-state index contributed by atoms with van der Waals surface area (Å²) in [5.41, 5.74) is 3.99.